The number of amides is 2. The summed E-state index contributed by atoms with van der Waals surface area (Å²) in [7, 11) is 0. The number of carbonyl (C=O) groups excluding carboxylic acids is 3. The van der Waals surface area contributed by atoms with Gasteiger partial charge in [-0.05, 0) is 56.9 Å². The Balaban J connectivity index is 1.39. The summed E-state index contributed by atoms with van der Waals surface area (Å²) in [5.41, 5.74) is 7.84. The summed E-state index contributed by atoms with van der Waals surface area (Å²) >= 11 is 1.45. The molecule has 0 saturated carbocycles. The zero-order chi connectivity index (χ0) is 23.0. The second-order valence-electron chi connectivity index (χ2n) is 8.34. The van der Waals surface area contributed by atoms with E-state index >= 15 is 0 Å². The first-order valence-electron chi connectivity index (χ1n) is 10.8. The minimum atomic E-state index is -0.501. The van der Waals surface area contributed by atoms with Crippen LogP contribution in [0.1, 0.15) is 51.4 Å². The molecule has 1 atom stereocenters. The third kappa shape index (κ3) is 4.27. The lowest BCUT2D eigenvalue weighted by molar-refractivity contribution is -0.120. The second-order valence-corrected chi connectivity index (χ2v) is 9.44. The minimum Gasteiger partial charge on any atom is -0.367 e. The van der Waals surface area contributed by atoms with E-state index in [2.05, 4.69) is 5.32 Å². The van der Waals surface area contributed by atoms with Gasteiger partial charge in [0.25, 0.3) is 5.91 Å². The molecule has 1 aromatic carbocycles. The summed E-state index contributed by atoms with van der Waals surface area (Å²) in [4.78, 5) is 41.4. The van der Waals surface area contributed by atoms with Gasteiger partial charge in [0.05, 0.1) is 17.3 Å². The first-order valence-corrected chi connectivity index (χ1v) is 11.6. The van der Waals surface area contributed by atoms with E-state index in [-0.39, 0.29) is 11.7 Å². The molecule has 2 aromatic rings. The molecule has 0 radical (unpaired) electrons. The SMILES string of the molecule is CC(=O)c1ccc(N2CCN([C@@H](C)C(=O)Nc3sc4c(c3C(N)=O)CCC4)CC2)c(F)c1. The highest BCUT2D eigenvalue weighted by Crippen LogP contribution is 2.39. The molecule has 1 aliphatic heterocycles. The van der Waals surface area contributed by atoms with Crippen molar-refractivity contribution >= 4 is 39.6 Å². The predicted octanol–water partition coefficient (Wildman–Crippen LogP) is 2.83. The van der Waals surface area contributed by atoms with E-state index in [1.807, 2.05) is 16.7 Å². The van der Waals surface area contributed by atoms with Crippen LogP contribution in [-0.4, -0.2) is 54.7 Å². The van der Waals surface area contributed by atoms with Gasteiger partial charge in [-0.2, -0.15) is 0 Å². The van der Waals surface area contributed by atoms with Crippen molar-refractivity contribution in [2.45, 2.75) is 39.2 Å². The van der Waals surface area contributed by atoms with Gasteiger partial charge < -0.3 is 16.0 Å². The molecule has 2 heterocycles. The molecular weight excluding hydrogens is 431 g/mol. The Morgan fingerprint density at radius 1 is 1.16 bits per heavy atom. The molecule has 1 aliphatic carbocycles. The molecule has 1 saturated heterocycles. The standard InChI is InChI=1S/C23H27FN4O3S/c1-13(22(31)26-23-20(21(25)30)16-4-3-5-19(16)32-23)27-8-10-28(11-9-27)18-7-6-15(14(2)29)12-17(18)24/h6-7,12-13H,3-5,8-11H2,1-2H3,(H2,25,30)(H,26,31)/t13-/m0/s1. The second kappa shape index (κ2) is 8.99. The zero-order valence-electron chi connectivity index (χ0n) is 18.2. The molecule has 0 spiro atoms. The zero-order valence-corrected chi connectivity index (χ0v) is 19.1. The number of fused-ring (bicyclic) bond motifs is 1. The number of benzene rings is 1. The van der Waals surface area contributed by atoms with Crippen molar-refractivity contribution in [2.75, 3.05) is 36.4 Å². The van der Waals surface area contributed by atoms with Crippen LogP contribution < -0.4 is 16.0 Å². The maximum atomic E-state index is 14.5. The molecule has 2 amide bonds. The van der Waals surface area contributed by atoms with Crippen molar-refractivity contribution in [3.8, 4) is 0 Å². The van der Waals surface area contributed by atoms with Gasteiger partial charge in [0.1, 0.15) is 10.8 Å². The van der Waals surface area contributed by atoms with E-state index in [1.54, 1.807) is 12.1 Å². The Bertz CT molecular complexity index is 1080. The average Bonchev–Trinajstić information content (AvgIpc) is 3.33. The van der Waals surface area contributed by atoms with E-state index in [0.717, 1.165) is 29.7 Å². The van der Waals surface area contributed by atoms with Crippen LogP contribution >= 0.6 is 11.3 Å². The number of rotatable bonds is 6. The molecule has 0 unspecified atom stereocenters. The number of halogens is 1. The molecule has 0 bridgehead atoms. The van der Waals surface area contributed by atoms with Crippen molar-refractivity contribution in [1.29, 1.82) is 0 Å². The minimum absolute atomic E-state index is 0.171. The van der Waals surface area contributed by atoms with Gasteiger partial charge in [0.2, 0.25) is 5.91 Å². The number of nitrogens with zero attached hydrogens (tertiary/aromatic N) is 2. The molecule has 1 aromatic heterocycles. The lowest BCUT2D eigenvalue weighted by atomic mass is 10.1. The molecule has 1 fully saturated rings. The van der Waals surface area contributed by atoms with Crippen LogP contribution in [0, 0.1) is 5.82 Å². The number of anilines is 2. The highest BCUT2D eigenvalue weighted by atomic mass is 32.1. The monoisotopic (exact) mass is 458 g/mol. The molecule has 170 valence electrons. The largest absolute Gasteiger partial charge is 0.367 e. The van der Waals surface area contributed by atoms with E-state index in [4.69, 9.17) is 5.73 Å². The summed E-state index contributed by atoms with van der Waals surface area (Å²) < 4.78 is 14.5. The van der Waals surface area contributed by atoms with E-state index in [0.29, 0.717) is 48.0 Å². The van der Waals surface area contributed by atoms with Gasteiger partial charge in [0, 0.05) is 36.6 Å². The smallest absolute Gasteiger partial charge is 0.251 e. The number of aryl methyl sites for hydroxylation is 1. The Kier molecular flexibility index (Phi) is 6.30. The maximum Gasteiger partial charge on any atom is 0.251 e. The van der Waals surface area contributed by atoms with Crippen LogP contribution in [0.15, 0.2) is 18.2 Å². The average molecular weight is 459 g/mol. The lowest BCUT2D eigenvalue weighted by Gasteiger charge is -2.38. The Morgan fingerprint density at radius 2 is 1.88 bits per heavy atom. The van der Waals surface area contributed by atoms with Crippen molar-refractivity contribution in [1.82, 2.24) is 4.90 Å². The fraction of sp³-hybridized carbons (Fsp3) is 0.435. The van der Waals surface area contributed by atoms with Gasteiger partial charge in [0.15, 0.2) is 5.78 Å². The van der Waals surface area contributed by atoms with E-state index in [9.17, 15) is 18.8 Å². The molecular formula is C23H27FN4O3S. The summed E-state index contributed by atoms with van der Waals surface area (Å²) in [5.74, 6) is -1.27. The topological polar surface area (TPSA) is 95.7 Å². The van der Waals surface area contributed by atoms with Crippen LogP contribution in [0.2, 0.25) is 0 Å². The van der Waals surface area contributed by atoms with Gasteiger partial charge >= 0.3 is 0 Å². The van der Waals surface area contributed by atoms with Crippen LogP contribution in [-0.2, 0) is 17.6 Å². The number of thiophene rings is 1. The number of primary amides is 1. The van der Waals surface area contributed by atoms with E-state index in [1.165, 1.54) is 24.3 Å². The van der Waals surface area contributed by atoms with Crippen LogP contribution in [0.25, 0.3) is 0 Å². The lowest BCUT2D eigenvalue weighted by Crippen LogP contribution is -2.53. The third-order valence-corrected chi connectivity index (χ3v) is 7.55. The third-order valence-electron chi connectivity index (χ3n) is 6.34. The van der Waals surface area contributed by atoms with Gasteiger partial charge in [-0.15, -0.1) is 11.3 Å². The van der Waals surface area contributed by atoms with Crippen LogP contribution in [0.3, 0.4) is 0 Å². The van der Waals surface area contributed by atoms with Crippen molar-refractivity contribution in [2.24, 2.45) is 5.73 Å². The number of nitrogens with two attached hydrogens (primary N) is 1. The number of hydrogen-bond donors (Lipinski definition) is 2. The summed E-state index contributed by atoms with van der Waals surface area (Å²) in [5, 5.41) is 3.47. The van der Waals surface area contributed by atoms with Gasteiger partial charge in [-0.25, -0.2) is 4.39 Å². The number of nitrogens with one attached hydrogen (secondary N) is 1. The van der Waals surface area contributed by atoms with Crippen molar-refractivity contribution in [3.63, 3.8) is 0 Å². The number of hydrogen-bond acceptors (Lipinski definition) is 6. The number of carbonyl (C=O) groups is 3. The first kappa shape index (κ1) is 22.4. The van der Waals surface area contributed by atoms with Crippen LogP contribution in [0.4, 0.5) is 15.1 Å². The quantitative estimate of drug-likeness (QED) is 0.649. The normalized spacial score (nSPS) is 17.2. The summed E-state index contributed by atoms with van der Waals surface area (Å²) in [6.07, 6.45) is 2.74. The molecule has 4 rings (SSSR count). The first-order chi connectivity index (χ1) is 15.3. The molecule has 9 heteroatoms. The summed E-state index contributed by atoms with van der Waals surface area (Å²) in [6, 6.07) is 4.14. The summed E-state index contributed by atoms with van der Waals surface area (Å²) in [6.45, 7) is 5.55. The highest BCUT2D eigenvalue weighted by molar-refractivity contribution is 7.17. The van der Waals surface area contributed by atoms with Crippen LogP contribution in [0.5, 0.6) is 0 Å². The fourth-order valence-corrected chi connectivity index (χ4v) is 5.77. The Hall–Kier alpha value is -2.78. The Morgan fingerprint density at radius 3 is 2.50 bits per heavy atom. The molecule has 3 N–H and O–H groups in total. The van der Waals surface area contributed by atoms with Gasteiger partial charge in [-0.1, -0.05) is 0 Å². The van der Waals surface area contributed by atoms with Crippen molar-refractivity contribution < 1.29 is 18.8 Å². The maximum absolute atomic E-state index is 14.5. The predicted molar refractivity (Wildman–Crippen MR) is 123 cm³/mol. The van der Waals surface area contributed by atoms with E-state index < -0.39 is 17.8 Å². The Labute approximate surface area is 190 Å². The molecule has 32 heavy (non-hydrogen) atoms. The fourth-order valence-electron chi connectivity index (χ4n) is 4.47. The highest BCUT2D eigenvalue weighted by Gasteiger charge is 2.30. The van der Waals surface area contributed by atoms with Gasteiger partial charge in [-0.3, -0.25) is 19.3 Å². The number of ketones is 1. The number of piperazine rings is 1. The number of Topliss-reactive ketones (excluding diaryl/α,β-unsaturated/α-hetero) is 1. The van der Waals surface area contributed by atoms with Crippen molar-refractivity contribution in [3.05, 3.63) is 45.6 Å². The molecule has 7 nitrogen and oxygen atoms in total. The molecule has 2 aliphatic rings.